The molecule has 0 fully saturated rings. The number of halogens is 2. The van der Waals surface area contributed by atoms with Crippen molar-refractivity contribution in [2.45, 2.75) is 4.90 Å². The Kier molecular flexibility index (Phi) is 5.81. The predicted molar refractivity (Wildman–Crippen MR) is 106 cm³/mol. The molecule has 7 nitrogen and oxygen atoms in total. The van der Waals surface area contributed by atoms with Crippen molar-refractivity contribution in [3.8, 4) is 0 Å². The van der Waals surface area contributed by atoms with Crippen molar-refractivity contribution in [3.05, 3.63) is 64.3 Å². The number of hydrogen-bond acceptors (Lipinski definition) is 4. The second kappa shape index (κ2) is 8.10. The van der Waals surface area contributed by atoms with Gasteiger partial charge in [-0.1, -0.05) is 41.4 Å². The first-order valence-corrected chi connectivity index (χ1v) is 9.94. The molecule has 10 heteroatoms. The van der Waals surface area contributed by atoms with Crippen molar-refractivity contribution in [1.82, 2.24) is 15.1 Å². The highest BCUT2D eigenvalue weighted by atomic mass is 35.5. The molecule has 0 aliphatic heterocycles. The summed E-state index contributed by atoms with van der Waals surface area (Å²) < 4.78 is 26.4. The Labute approximate surface area is 165 Å². The minimum atomic E-state index is -3.82. The van der Waals surface area contributed by atoms with Crippen LogP contribution in [0.2, 0.25) is 10.0 Å². The highest BCUT2D eigenvalue weighted by Crippen LogP contribution is 2.25. The highest BCUT2D eigenvalue weighted by molar-refractivity contribution is 7.89. The third-order valence-electron chi connectivity index (χ3n) is 3.60. The first kappa shape index (κ1) is 19.4. The molecular weight excluding hydrogens is 411 g/mol. The van der Waals surface area contributed by atoms with Gasteiger partial charge in [-0.2, -0.15) is 5.10 Å². The third-order valence-corrected chi connectivity index (χ3v) is 5.68. The lowest BCUT2D eigenvalue weighted by atomic mass is 10.2. The molecule has 0 atom stereocenters. The Morgan fingerprint density at radius 3 is 2.52 bits per heavy atom. The normalized spacial score (nSPS) is 11.9. The third kappa shape index (κ3) is 4.67. The second-order valence-corrected chi connectivity index (χ2v) is 8.05. The maximum Gasteiger partial charge on any atom is 0.255 e. The van der Waals surface area contributed by atoms with E-state index in [2.05, 4.69) is 20.2 Å². The van der Waals surface area contributed by atoms with E-state index in [1.807, 2.05) is 24.3 Å². The summed E-state index contributed by atoms with van der Waals surface area (Å²) in [6, 6.07) is 13.0. The number of fused-ring (bicyclic) bond motifs is 1. The molecule has 0 aliphatic rings. The molecule has 1 heterocycles. The quantitative estimate of drug-likeness (QED) is 0.418. The van der Waals surface area contributed by atoms with E-state index in [0.29, 0.717) is 15.7 Å². The molecule has 3 aromatic rings. The van der Waals surface area contributed by atoms with Crippen LogP contribution in [0, 0.1) is 0 Å². The number of carbonyl (C=O) groups is 1. The van der Waals surface area contributed by atoms with Crippen molar-refractivity contribution < 1.29 is 13.2 Å². The molecule has 0 saturated carbocycles. The van der Waals surface area contributed by atoms with E-state index >= 15 is 0 Å². The van der Waals surface area contributed by atoms with Crippen LogP contribution in [0.25, 0.3) is 10.9 Å². The van der Waals surface area contributed by atoms with Crippen LogP contribution in [0.3, 0.4) is 0 Å². The van der Waals surface area contributed by atoms with Crippen molar-refractivity contribution in [2.24, 2.45) is 5.10 Å². The zero-order valence-corrected chi connectivity index (χ0v) is 16.1. The summed E-state index contributed by atoms with van der Waals surface area (Å²) in [7, 11) is -3.82. The van der Waals surface area contributed by atoms with Crippen LogP contribution in [-0.2, 0) is 14.8 Å². The van der Waals surface area contributed by atoms with E-state index in [1.165, 1.54) is 30.5 Å². The highest BCUT2D eigenvalue weighted by Gasteiger charge is 2.15. The van der Waals surface area contributed by atoms with Crippen molar-refractivity contribution in [1.29, 1.82) is 0 Å². The fourth-order valence-electron chi connectivity index (χ4n) is 2.28. The fraction of sp³-hybridized carbons (Fsp3) is 0.0588. The molecule has 0 bridgehead atoms. The van der Waals surface area contributed by atoms with E-state index in [-0.39, 0.29) is 4.90 Å². The molecule has 27 heavy (non-hydrogen) atoms. The van der Waals surface area contributed by atoms with Gasteiger partial charge in [-0.25, -0.2) is 18.6 Å². The average Bonchev–Trinajstić information content (AvgIpc) is 2.97. The fourth-order valence-corrected chi connectivity index (χ4v) is 3.65. The Morgan fingerprint density at radius 1 is 1.11 bits per heavy atom. The Morgan fingerprint density at radius 2 is 1.81 bits per heavy atom. The number of sulfonamides is 1. The SMILES string of the molecule is O=C(CNS(=O)(=O)c1ccc(Cl)cc1)N/N=C/c1[nH]c2ccccc2c1Cl. The van der Waals surface area contributed by atoms with Crippen LogP contribution >= 0.6 is 23.2 Å². The number of hydrogen-bond donors (Lipinski definition) is 3. The van der Waals surface area contributed by atoms with Gasteiger partial charge >= 0.3 is 0 Å². The van der Waals surface area contributed by atoms with Gasteiger partial charge in [-0.05, 0) is 30.3 Å². The molecule has 3 rings (SSSR count). The summed E-state index contributed by atoms with van der Waals surface area (Å²) in [5.74, 6) is -0.629. The Bertz CT molecular complexity index is 1110. The number of nitrogens with one attached hydrogen (secondary N) is 3. The lowest BCUT2D eigenvalue weighted by molar-refractivity contribution is -0.119. The lowest BCUT2D eigenvalue weighted by Crippen LogP contribution is -2.34. The number of aromatic nitrogens is 1. The van der Waals surface area contributed by atoms with Crippen molar-refractivity contribution >= 4 is 56.2 Å². The van der Waals surface area contributed by atoms with Crippen molar-refractivity contribution in [2.75, 3.05) is 6.54 Å². The van der Waals surface area contributed by atoms with E-state index in [4.69, 9.17) is 23.2 Å². The predicted octanol–water partition coefficient (Wildman–Crippen LogP) is 2.90. The van der Waals surface area contributed by atoms with Gasteiger partial charge in [0.1, 0.15) is 0 Å². The number of H-pyrrole nitrogens is 1. The standard InChI is InChI=1S/C17H14Cl2N4O3S/c18-11-5-7-12(8-6-11)27(25,26)21-10-16(24)23-20-9-15-17(19)13-3-1-2-4-14(13)22-15/h1-9,21-22H,10H2,(H,23,24)/b20-9+. The van der Waals surface area contributed by atoms with Gasteiger partial charge in [-0.3, -0.25) is 4.79 Å². The van der Waals surface area contributed by atoms with Crippen LogP contribution in [0.1, 0.15) is 5.69 Å². The van der Waals surface area contributed by atoms with Gasteiger partial charge in [0.25, 0.3) is 5.91 Å². The molecule has 3 N–H and O–H groups in total. The molecule has 0 unspecified atom stereocenters. The molecule has 0 saturated heterocycles. The van der Waals surface area contributed by atoms with E-state index < -0.39 is 22.5 Å². The van der Waals surface area contributed by atoms with Crippen molar-refractivity contribution in [3.63, 3.8) is 0 Å². The minimum Gasteiger partial charge on any atom is -0.352 e. The average molecular weight is 425 g/mol. The van der Waals surface area contributed by atoms with Crippen LogP contribution in [-0.4, -0.2) is 32.1 Å². The maximum absolute atomic E-state index is 12.1. The zero-order chi connectivity index (χ0) is 19.4. The number of rotatable bonds is 6. The van der Waals surface area contributed by atoms with Gasteiger partial charge in [0.2, 0.25) is 10.0 Å². The molecule has 1 aromatic heterocycles. The largest absolute Gasteiger partial charge is 0.352 e. The summed E-state index contributed by atoms with van der Waals surface area (Å²) in [4.78, 5) is 14.9. The molecule has 2 aromatic carbocycles. The number of nitrogens with zero attached hydrogens (tertiary/aromatic N) is 1. The van der Waals surface area contributed by atoms with E-state index in [0.717, 1.165) is 10.9 Å². The molecule has 0 radical (unpaired) electrons. The number of aromatic amines is 1. The number of carbonyl (C=O) groups excluding carboxylic acids is 1. The molecule has 0 aliphatic carbocycles. The Hall–Kier alpha value is -2.39. The molecular formula is C17H14Cl2N4O3S. The monoisotopic (exact) mass is 424 g/mol. The van der Waals surface area contributed by atoms with Crippen LogP contribution < -0.4 is 10.1 Å². The van der Waals surface area contributed by atoms with Gasteiger partial charge in [-0.15, -0.1) is 0 Å². The smallest absolute Gasteiger partial charge is 0.255 e. The first-order valence-electron chi connectivity index (χ1n) is 7.70. The number of para-hydroxylation sites is 1. The van der Waals surface area contributed by atoms with Crippen LogP contribution in [0.4, 0.5) is 0 Å². The van der Waals surface area contributed by atoms with E-state index in [1.54, 1.807) is 0 Å². The van der Waals surface area contributed by atoms with Crippen LogP contribution in [0.5, 0.6) is 0 Å². The minimum absolute atomic E-state index is 0.00746. The number of amides is 1. The molecule has 1 amide bonds. The van der Waals surface area contributed by atoms with Gasteiger partial charge < -0.3 is 4.98 Å². The Balaban J connectivity index is 1.58. The zero-order valence-electron chi connectivity index (χ0n) is 13.7. The molecule has 140 valence electrons. The van der Waals surface area contributed by atoms with Crippen LogP contribution in [0.15, 0.2) is 58.5 Å². The summed E-state index contributed by atoms with van der Waals surface area (Å²) in [5, 5.41) is 5.52. The summed E-state index contributed by atoms with van der Waals surface area (Å²) in [6.45, 7) is -0.470. The lowest BCUT2D eigenvalue weighted by Gasteiger charge is -2.05. The molecule has 0 spiro atoms. The number of benzene rings is 2. The van der Waals surface area contributed by atoms with E-state index in [9.17, 15) is 13.2 Å². The summed E-state index contributed by atoms with van der Waals surface area (Å²) >= 11 is 12.0. The topological polar surface area (TPSA) is 103 Å². The first-order chi connectivity index (χ1) is 12.9. The summed E-state index contributed by atoms with van der Waals surface area (Å²) in [6.07, 6.45) is 1.36. The number of hydrazone groups is 1. The second-order valence-electron chi connectivity index (χ2n) is 5.47. The van der Waals surface area contributed by atoms with Gasteiger partial charge in [0, 0.05) is 15.9 Å². The summed E-state index contributed by atoms with van der Waals surface area (Å²) in [5.41, 5.74) is 3.61. The van der Waals surface area contributed by atoms with Gasteiger partial charge in [0.05, 0.1) is 28.4 Å². The maximum atomic E-state index is 12.1. The van der Waals surface area contributed by atoms with Gasteiger partial charge in [0.15, 0.2) is 0 Å².